The van der Waals surface area contributed by atoms with Gasteiger partial charge >= 0.3 is 0 Å². The first-order valence-electron chi connectivity index (χ1n) is 14.7. The van der Waals surface area contributed by atoms with Crippen molar-refractivity contribution in [3.63, 3.8) is 0 Å². The Morgan fingerprint density at radius 1 is 1.02 bits per heavy atom. The topological polar surface area (TPSA) is 94.6 Å². The number of aromatic nitrogens is 1. The van der Waals surface area contributed by atoms with Gasteiger partial charge in [-0.05, 0) is 55.0 Å². The van der Waals surface area contributed by atoms with Crippen molar-refractivity contribution < 1.29 is 19.2 Å². The molecule has 1 N–H and O–H groups in total. The van der Waals surface area contributed by atoms with Crippen LogP contribution in [-0.4, -0.2) is 103 Å². The number of hydrogen-bond donors (Lipinski definition) is 1. The minimum absolute atomic E-state index is 0.149. The van der Waals surface area contributed by atoms with Crippen molar-refractivity contribution in [3.8, 4) is 22.5 Å². The number of methoxy groups -OCH3 is 1. The van der Waals surface area contributed by atoms with Crippen LogP contribution in [0, 0.1) is 0 Å². The number of benzene rings is 1. The summed E-state index contributed by atoms with van der Waals surface area (Å²) >= 11 is 0. The third-order valence-electron chi connectivity index (χ3n) is 8.78. The van der Waals surface area contributed by atoms with Crippen LogP contribution in [0.1, 0.15) is 42.1 Å². The molecule has 0 saturated carbocycles. The number of rotatable bonds is 8. The Labute approximate surface area is 241 Å². The second-order valence-corrected chi connectivity index (χ2v) is 11.3. The zero-order valence-corrected chi connectivity index (χ0v) is 23.8. The van der Waals surface area contributed by atoms with Crippen molar-refractivity contribution >= 4 is 11.6 Å². The minimum Gasteiger partial charge on any atom is -0.460 e. The molecule has 3 aromatic rings. The molecular formula is C32H39N5O4. The van der Waals surface area contributed by atoms with Crippen LogP contribution in [0.4, 0.5) is 0 Å². The van der Waals surface area contributed by atoms with E-state index in [0.29, 0.717) is 13.1 Å². The van der Waals surface area contributed by atoms with Gasteiger partial charge in [0, 0.05) is 87.9 Å². The highest BCUT2D eigenvalue weighted by atomic mass is 16.5. The van der Waals surface area contributed by atoms with Crippen LogP contribution in [0.5, 0.6) is 0 Å². The summed E-state index contributed by atoms with van der Waals surface area (Å²) in [5, 5.41) is 12.8. The molecule has 1 atom stereocenters. The summed E-state index contributed by atoms with van der Waals surface area (Å²) in [6, 6.07) is 12.4. The Kier molecular flexibility index (Phi) is 8.46. The standard InChI is InChI=1S/C32H39N5O4/c1-40-18-17-35-13-15-36(16-14-35)22-31(38)37-12-2-3-26(21-37)30-20-28(32(41-30)23-8-10-33-11-9-23)25-4-6-27-24(19-25)5-7-29(27)34-39/h4,6,8-11,19-20,26,39H,2-3,5,7,12-18,21-22H2,1H3. The first-order chi connectivity index (χ1) is 20.1. The summed E-state index contributed by atoms with van der Waals surface area (Å²) in [5.74, 6) is 2.11. The van der Waals surface area contributed by atoms with Crippen LogP contribution in [-0.2, 0) is 16.0 Å². The van der Waals surface area contributed by atoms with Gasteiger partial charge in [-0.15, -0.1) is 0 Å². The molecule has 0 spiro atoms. The monoisotopic (exact) mass is 557 g/mol. The quantitative estimate of drug-likeness (QED) is 0.329. The molecule has 1 aliphatic carbocycles. The number of aryl methyl sites for hydroxylation is 1. The maximum atomic E-state index is 13.4. The molecule has 1 unspecified atom stereocenters. The van der Waals surface area contributed by atoms with E-state index < -0.39 is 0 Å². The molecule has 2 fully saturated rings. The Hall–Kier alpha value is -3.53. The van der Waals surface area contributed by atoms with Crippen molar-refractivity contribution in [3.05, 3.63) is 65.7 Å². The Morgan fingerprint density at radius 3 is 2.61 bits per heavy atom. The van der Waals surface area contributed by atoms with E-state index in [9.17, 15) is 10.0 Å². The van der Waals surface area contributed by atoms with Crippen LogP contribution < -0.4 is 0 Å². The van der Waals surface area contributed by atoms with Gasteiger partial charge in [-0.3, -0.25) is 19.6 Å². The number of fused-ring (bicyclic) bond motifs is 1. The zero-order chi connectivity index (χ0) is 28.2. The number of pyridine rings is 1. The Bertz CT molecular complexity index is 1380. The normalized spacial score (nSPS) is 21.0. The highest BCUT2D eigenvalue weighted by Gasteiger charge is 2.30. The fraction of sp³-hybridized carbons (Fsp3) is 0.469. The molecule has 6 rings (SSSR count). The van der Waals surface area contributed by atoms with E-state index in [-0.39, 0.29) is 11.8 Å². The summed E-state index contributed by atoms with van der Waals surface area (Å²) in [6.45, 7) is 7.42. The predicted molar refractivity (Wildman–Crippen MR) is 157 cm³/mol. The maximum absolute atomic E-state index is 13.4. The summed E-state index contributed by atoms with van der Waals surface area (Å²) in [4.78, 5) is 24.3. The van der Waals surface area contributed by atoms with Crippen molar-refractivity contribution in [2.45, 2.75) is 31.6 Å². The lowest BCUT2D eigenvalue weighted by molar-refractivity contribution is -0.134. The summed E-state index contributed by atoms with van der Waals surface area (Å²) in [6.07, 6.45) is 7.13. The number of carbonyl (C=O) groups excluding carboxylic acids is 1. The number of amides is 1. The van der Waals surface area contributed by atoms with Crippen LogP contribution in [0.25, 0.3) is 22.5 Å². The van der Waals surface area contributed by atoms with Gasteiger partial charge in [-0.1, -0.05) is 23.4 Å². The second-order valence-electron chi connectivity index (χ2n) is 11.3. The molecule has 41 heavy (non-hydrogen) atoms. The highest BCUT2D eigenvalue weighted by molar-refractivity contribution is 6.04. The number of piperidine rings is 1. The third-order valence-corrected chi connectivity index (χ3v) is 8.78. The average molecular weight is 558 g/mol. The van der Waals surface area contributed by atoms with Gasteiger partial charge < -0.3 is 19.3 Å². The van der Waals surface area contributed by atoms with Crippen molar-refractivity contribution in [2.24, 2.45) is 5.16 Å². The lowest BCUT2D eigenvalue weighted by atomic mass is 9.93. The van der Waals surface area contributed by atoms with Gasteiger partial charge in [0.15, 0.2) is 0 Å². The molecule has 1 aromatic carbocycles. The van der Waals surface area contributed by atoms with Crippen LogP contribution >= 0.6 is 0 Å². The lowest BCUT2D eigenvalue weighted by Gasteiger charge is -2.37. The smallest absolute Gasteiger partial charge is 0.236 e. The average Bonchev–Trinajstić information content (AvgIpc) is 3.66. The first kappa shape index (κ1) is 27.6. The highest BCUT2D eigenvalue weighted by Crippen LogP contribution is 2.40. The molecule has 1 amide bonds. The number of likely N-dealkylation sites (tertiary alicyclic amines) is 1. The van der Waals surface area contributed by atoms with Gasteiger partial charge in [0.1, 0.15) is 11.5 Å². The van der Waals surface area contributed by atoms with E-state index in [1.54, 1.807) is 19.5 Å². The Balaban J connectivity index is 1.19. The van der Waals surface area contributed by atoms with Gasteiger partial charge in [0.05, 0.1) is 18.9 Å². The van der Waals surface area contributed by atoms with Gasteiger partial charge in [0.2, 0.25) is 5.91 Å². The molecule has 0 radical (unpaired) electrons. The molecule has 2 saturated heterocycles. The van der Waals surface area contributed by atoms with Gasteiger partial charge in [-0.2, -0.15) is 0 Å². The molecular weight excluding hydrogens is 518 g/mol. The SMILES string of the molecule is COCCN1CCN(CC(=O)N2CCCC(c3cc(-c4ccc5c(c4)CCC5=NO)c(-c4ccncc4)o3)C2)CC1. The van der Waals surface area contributed by atoms with E-state index in [0.717, 1.165) is 111 Å². The zero-order valence-electron chi connectivity index (χ0n) is 23.8. The van der Waals surface area contributed by atoms with Crippen LogP contribution in [0.3, 0.4) is 0 Å². The lowest BCUT2D eigenvalue weighted by Crippen LogP contribution is -2.51. The largest absolute Gasteiger partial charge is 0.460 e. The van der Waals surface area contributed by atoms with E-state index in [2.05, 4.69) is 38.1 Å². The fourth-order valence-electron chi connectivity index (χ4n) is 6.40. The van der Waals surface area contributed by atoms with E-state index in [4.69, 9.17) is 9.15 Å². The molecule has 4 heterocycles. The molecule has 2 aromatic heterocycles. The third kappa shape index (κ3) is 6.07. The minimum atomic E-state index is 0.149. The molecule has 0 bridgehead atoms. The fourth-order valence-corrected chi connectivity index (χ4v) is 6.40. The van der Waals surface area contributed by atoms with Crippen molar-refractivity contribution in [1.29, 1.82) is 0 Å². The number of ether oxygens (including phenoxy) is 1. The number of hydrogen-bond acceptors (Lipinski definition) is 8. The van der Waals surface area contributed by atoms with Crippen molar-refractivity contribution in [1.82, 2.24) is 19.7 Å². The molecule has 9 heteroatoms. The second kappa shape index (κ2) is 12.5. The predicted octanol–water partition coefficient (Wildman–Crippen LogP) is 4.10. The summed E-state index contributed by atoms with van der Waals surface area (Å²) in [5.41, 5.74) is 6.05. The molecule has 3 aliphatic rings. The Morgan fingerprint density at radius 2 is 1.83 bits per heavy atom. The number of carbonyl (C=O) groups is 1. The number of oxime groups is 1. The maximum Gasteiger partial charge on any atom is 0.236 e. The number of furan rings is 1. The molecule has 2 aliphatic heterocycles. The number of piperazine rings is 1. The molecule has 216 valence electrons. The van der Waals surface area contributed by atoms with E-state index in [1.165, 1.54) is 5.56 Å². The molecule has 9 nitrogen and oxygen atoms in total. The summed E-state index contributed by atoms with van der Waals surface area (Å²) < 4.78 is 11.8. The summed E-state index contributed by atoms with van der Waals surface area (Å²) in [7, 11) is 1.74. The van der Waals surface area contributed by atoms with Gasteiger partial charge in [-0.25, -0.2) is 0 Å². The van der Waals surface area contributed by atoms with Crippen LogP contribution in [0.2, 0.25) is 0 Å². The van der Waals surface area contributed by atoms with Gasteiger partial charge in [0.25, 0.3) is 0 Å². The van der Waals surface area contributed by atoms with Crippen LogP contribution in [0.15, 0.2) is 58.4 Å². The number of nitrogens with zero attached hydrogens (tertiary/aromatic N) is 5. The van der Waals surface area contributed by atoms with Crippen molar-refractivity contribution in [2.75, 3.05) is 66.1 Å². The van der Waals surface area contributed by atoms with E-state index in [1.807, 2.05) is 23.1 Å². The van der Waals surface area contributed by atoms with E-state index >= 15 is 0 Å². The first-order valence-corrected chi connectivity index (χ1v) is 14.7.